The fourth-order valence-corrected chi connectivity index (χ4v) is 2.21. The van der Waals surface area contributed by atoms with Crippen LogP contribution in [0, 0.1) is 23.7 Å². The minimum absolute atomic E-state index is 0.831. The number of hydrogen-bond acceptors (Lipinski definition) is 1. The summed E-state index contributed by atoms with van der Waals surface area (Å²) < 4.78 is 0. The van der Waals surface area contributed by atoms with Gasteiger partial charge >= 0.3 is 0 Å². The molecule has 1 fully saturated rings. The van der Waals surface area contributed by atoms with Crippen LogP contribution in [0.25, 0.3) is 0 Å². The van der Waals surface area contributed by atoms with Gasteiger partial charge in [0, 0.05) is 0 Å². The molecule has 1 aliphatic heterocycles. The molecule has 0 aromatic rings. The molecule has 1 nitrogen and oxygen atoms in total. The van der Waals surface area contributed by atoms with Crippen molar-refractivity contribution in [3.05, 3.63) is 0 Å². The molecular formula is C11H23N. The normalized spacial score (nSPS) is 33.8. The number of rotatable bonds is 2. The zero-order valence-corrected chi connectivity index (χ0v) is 8.93. The molecule has 1 aliphatic rings. The molecule has 1 N–H and O–H groups in total. The van der Waals surface area contributed by atoms with Gasteiger partial charge in [0.1, 0.15) is 0 Å². The van der Waals surface area contributed by atoms with Gasteiger partial charge in [0.2, 0.25) is 0 Å². The third-order valence-corrected chi connectivity index (χ3v) is 3.61. The topological polar surface area (TPSA) is 12.0 Å². The Morgan fingerprint density at radius 1 is 1.25 bits per heavy atom. The minimum atomic E-state index is 0.831. The first-order valence-corrected chi connectivity index (χ1v) is 5.33. The van der Waals surface area contributed by atoms with Crippen molar-refractivity contribution < 1.29 is 0 Å². The molecule has 1 heterocycles. The van der Waals surface area contributed by atoms with E-state index in [2.05, 4.69) is 33.0 Å². The van der Waals surface area contributed by atoms with E-state index in [0.29, 0.717) is 0 Å². The van der Waals surface area contributed by atoms with Crippen molar-refractivity contribution in [3.8, 4) is 0 Å². The van der Waals surface area contributed by atoms with Crippen LogP contribution >= 0.6 is 0 Å². The maximum Gasteiger partial charge on any atom is -0.00153 e. The third kappa shape index (κ3) is 2.22. The molecule has 1 heteroatoms. The van der Waals surface area contributed by atoms with E-state index in [1.54, 1.807) is 0 Å². The largest absolute Gasteiger partial charge is 0.316 e. The van der Waals surface area contributed by atoms with Crippen molar-refractivity contribution in [2.75, 3.05) is 13.1 Å². The van der Waals surface area contributed by atoms with E-state index in [0.717, 1.165) is 23.7 Å². The highest BCUT2D eigenvalue weighted by Crippen LogP contribution is 2.30. The van der Waals surface area contributed by atoms with Gasteiger partial charge in [-0.05, 0) is 43.2 Å². The van der Waals surface area contributed by atoms with E-state index in [9.17, 15) is 0 Å². The summed E-state index contributed by atoms with van der Waals surface area (Å²) in [6.45, 7) is 11.9. The van der Waals surface area contributed by atoms with Crippen LogP contribution < -0.4 is 5.32 Å². The van der Waals surface area contributed by atoms with E-state index >= 15 is 0 Å². The van der Waals surface area contributed by atoms with E-state index < -0.39 is 0 Å². The van der Waals surface area contributed by atoms with E-state index in [1.165, 1.54) is 19.5 Å². The molecule has 0 aromatic carbocycles. The summed E-state index contributed by atoms with van der Waals surface area (Å²) in [7, 11) is 0. The molecule has 1 rings (SSSR count). The van der Waals surface area contributed by atoms with E-state index in [-0.39, 0.29) is 0 Å². The summed E-state index contributed by atoms with van der Waals surface area (Å²) in [5.74, 6) is 3.52. The fraction of sp³-hybridized carbons (Fsp3) is 1.00. The first kappa shape index (κ1) is 10.0. The number of piperidine rings is 1. The maximum atomic E-state index is 3.50. The third-order valence-electron chi connectivity index (χ3n) is 3.61. The van der Waals surface area contributed by atoms with Gasteiger partial charge in [-0.1, -0.05) is 27.7 Å². The van der Waals surface area contributed by atoms with Crippen LogP contribution in [0.4, 0.5) is 0 Å². The standard InChI is InChI=1S/C11H23N/c1-8(2)10(4)11-7-12-6-5-9(11)3/h8-12H,5-7H2,1-4H3. The summed E-state index contributed by atoms with van der Waals surface area (Å²) in [6, 6.07) is 0. The molecule has 0 saturated carbocycles. The molecule has 0 spiro atoms. The average Bonchev–Trinajstić information content (AvgIpc) is 2.04. The SMILES string of the molecule is CC(C)C(C)C1CNCCC1C. The lowest BCUT2D eigenvalue weighted by atomic mass is 9.75. The van der Waals surface area contributed by atoms with Crippen LogP contribution in [0.3, 0.4) is 0 Å². The molecule has 0 radical (unpaired) electrons. The zero-order valence-electron chi connectivity index (χ0n) is 8.93. The second-order valence-electron chi connectivity index (χ2n) is 4.74. The quantitative estimate of drug-likeness (QED) is 0.670. The minimum Gasteiger partial charge on any atom is -0.316 e. The van der Waals surface area contributed by atoms with Crippen LogP contribution in [-0.4, -0.2) is 13.1 Å². The van der Waals surface area contributed by atoms with Crippen LogP contribution in [0.1, 0.15) is 34.1 Å². The Labute approximate surface area is 76.9 Å². The van der Waals surface area contributed by atoms with Crippen molar-refractivity contribution in [2.45, 2.75) is 34.1 Å². The number of hydrogen-bond donors (Lipinski definition) is 1. The predicted octanol–water partition coefficient (Wildman–Crippen LogP) is 2.52. The highest BCUT2D eigenvalue weighted by Gasteiger charge is 2.27. The zero-order chi connectivity index (χ0) is 9.14. The van der Waals surface area contributed by atoms with Crippen LogP contribution in [0.15, 0.2) is 0 Å². The lowest BCUT2D eigenvalue weighted by Crippen LogP contribution is -2.39. The van der Waals surface area contributed by atoms with Gasteiger partial charge in [-0.15, -0.1) is 0 Å². The average molecular weight is 169 g/mol. The first-order chi connectivity index (χ1) is 5.63. The maximum absolute atomic E-state index is 3.50. The molecule has 0 amide bonds. The Morgan fingerprint density at radius 3 is 2.42 bits per heavy atom. The van der Waals surface area contributed by atoms with Gasteiger partial charge in [-0.25, -0.2) is 0 Å². The van der Waals surface area contributed by atoms with Crippen molar-refractivity contribution in [3.63, 3.8) is 0 Å². The Balaban J connectivity index is 2.47. The second-order valence-corrected chi connectivity index (χ2v) is 4.74. The Kier molecular flexibility index (Phi) is 3.57. The predicted molar refractivity (Wildman–Crippen MR) is 54.1 cm³/mol. The van der Waals surface area contributed by atoms with Gasteiger partial charge < -0.3 is 5.32 Å². The lowest BCUT2D eigenvalue weighted by molar-refractivity contribution is 0.164. The second kappa shape index (κ2) is 4.27. The lowest BCUT2D eigenvalue weighted by Gasteiger charge is -2.36. The van der Waals surface area contributed by atoms with Gasteiger partial charge in [0.25, 0.3) is 0 Å². The van der Waals surface area contributed by atoms with E-state index in [1.807, 2.05) is 0 Å². The Hall–Kier alpha value is -0.0400. The Morgan fingerprint density at radius 2 is 1.92 bits per heavy atom. The summed E-state index contributed by atoms with van der Waals surface area (Å²) in [5, 5.41) is 3.50. The smallest absolute Gasteiger partial charge is 0.00153 e. The van der Waals surface area contributed by atoms with E-state index in [4.69, 9.17) is 0 Å². The summed E-state index contributed by atoms with van der Waals surface area (Å²) in [4.78, 5) is 0. The van der Waals surface area contributed by atoms with Crippen molar-refractivity contribution in [2.24, 2.45) is 23.7 Å². The monoisotopic (exact) mass is 169 g/mol. The molecule has 0 aromatic heterocycles. The van der Waals surface area contributed by atoms with Gasteiger partial charge in [0.15, 0.2) is 0 Å². The molecule has 72 valence electrons. The number of nitrogens with one attached hydrogen (secondary N) is 1. The molecule has 12 heavy (non-hydrogen) atoms. The van der Waals surface area contributed by atoms with Crippen molar-refractivity contribution in [1.82, 2.24) is 5.32 Å². The van der Waals surface area contributed by atoms with Crippen LogP contribution in [-0.2, 0) is 0 Å². The highest BCUT2D eigenvalue weighted by atomic mass is 14.9. The van der Waals surface area contributed by atoms with Crippen molar-refractivity contribution in [1.29, 1.82) is 0 Å². The fourth-order valence-electron chi connectivity index (χ4n) is 2.21. The van der Waals surface area contributed by atoms with Gasteiger partial charge in [-0.2, -0.15) is 0 Å². The van der Waals surface area contributed by atoms with Gasteiger partial charge in [0.05, 0.1) is 0 Å². The summed E-state index contributed by atoms with van der Waals surface area (Å²) >= 11 is 0. The summed E-state index contributed by atoms with van der Waals surface area (Å²) in [6.07, 6.45) is 1.36. The molecule has 3 atom stereocenters. The van der Waals surface area contributed by atoms with Gasteiger partial charge in [-0.3, -0.25) is 0 Å². The van der Waals surface area contributed by atoms with Crippen LogP contribution in [0.5, 0.6) is 0 Å². The molecule has 0 bridgehead atoms. The molecule has 0 aliphatic carbocycles. The van der Waals surface area contributed by atoms with Crippen LogP contribution in [0.2, 0.25) is 0 Å². The summed E-state index contributed by atoms with van der Waals surface area (Å²) in [5.41, 5.74) is 0. The highest BCUT2D eigenvalue weighted by molar-refractivity contribution is 4.80. The Bertz CT molecular complexity index is 131. The first-order valence-electron chi connectivity index (χ1n) is 5.33. The molecular weight excluding hydrogens is 146 g/mol. The van der Waals surface area contributed by atoms with Crippen molar-refractivity contribution >= 4 is 0 Å². The molecule has 1 saturated heterocycles. The molecule has 3 unspecified atom stereocenters.